The highest BCUT2D eigenvalue weighted by Crippen LogP contribution is 2.17. The highest BCUT2D eigenvalue weighted by atomic mass is 35.5. The zero-order valence-electron chi connectivity index (χ0n) is 10.8. The fraction of sp³-hybridized carbons (Fsp3) is 0.692. The van der Waals surface area contributed by atoms with Crippen molar-refractivity contribution in [2.75, 3.05) is 25.1 Å². The summed E-state index contributed by atoms with van der Waals surface area (Å²) in [5, 5.41) is 3.88. The molecule has 0 radical (unpaired) electrons. The molecule has 0 bridgehead atoms. The van der Waals surface area contributed by atoms with Gasteiger partial charge in [0.1, 0.15) is 16.8 Å². The second kappa shape index (κ2) is 6.90. The van der Waals surface area contributed by atoms with Crippen LogP contribution in [0.4, 0.5) is 5.82 Å². The SMILES string of the molecule is CCCc1nc(Cl)cc(NCC2CCOCC2)n1. The summed E-state index contributed by atoms with van der Waals surface area (Å²) in [5.41, 5.74) is 0. The third-order valence-electron chi connectivity index (χ3n) is 3.13. The molecule has 18 heavy (non-hydrogen) atoms. The summed E-state index contributed by atoms with van der Waals surface area (Å²) in [7, 11) is 0. The number of aromatic nitrogens is 2. The fourth-order valence-corrected chi connectivity index (χ4v) is 2.29. The quantitative estimate of drug-likeness (QED) is 0.835. The van der Waals surface area contributed by atoms with Crippen molar-refractivity contribution >= 4 is 17.4 Å². The van der Waals surface area contributed by atoms with Gasteiger partial charge in [-0.1, -0.05) is 18.5 Å². The lowest BCUT2D eigenvalue weighted by Gasteiger charge is -2.22. The minimum absolute atomic E-state index is 0.517. The van der Waals surface area contributed by atoms with Gasteiger partial charge in [-0.3, -0.25) is 0 Å². The number of nitrogens with one attached hydrogen (secondary N) is 1. The average Bonchev–Trinajstić information content (AvgIpc) is 2.37. The number of hydrogen-bond donors (Lipinski definition) is 1. The molecule has 1 aliphatic rings. The van der Waals surface area contributed by atoms with Gasteiger partial charge >= 0.3 is 0 Å². The number of halogens is 1. The molecule has 0 aromatic carbocycles. The van der Waals surface area contributed by atoms with Crippen LogP contribution in [0.15, 0.2) is 6.07 Å². The number of aryl methyl sites for hydroxylation is 1. The van der Waals surface area contributed by atoms with E-state index < -0.39 is 0 Å². The molecule has 2 heterocycles. The Bertz CT molecular complexity index is 380. The van der Waals surface area contributed by atoms with Crippen LogP contribution in [-0.2, 0) is 11.2 Å². The maximum Gasteiger partial charge on any atom is 0.134 e. The first kappa shape index (κ1) is 13.6. The summed E-state index contributed by atoms with van der Waals surface area (Å²) in [6.45, 7) is 4.79. The third kappa shape index (κ3) is 4.10. The number of rotatable bonds is 5. The van der Waals surface area contributed by atoms with E-state index in [1.54, 1.807) is 6.07 Å². The van der Waals surface area contributed by atoms with Crippen LogP contribution in [0.3, 0.4) is 0 Å². The summed E-state index contributed by atoms with van der Waals surface area (Å²) in [4.78, 5) is 8.68. The molecule has 2 rings (SSSR count). The first-order chi connectivity index (χ1) is 8.78. The summed E-state index contributed by atoms with van der Waals surface area (Å²) >= 11 is 6.00. The van der Waals surface area contributed by atoms with Crippen molar-refractivity contribution in [3.05, 3.63) is 17.0 Å². The van der Waals surface area contributed by atoms with Gasteiger partial charge in [-0.05, 0) is 25.2 Å². The van der Waals surface area contributed by atoms with Crippen molar-refractivity contribution < 1.29 is 4.74 Å². The van der Waals surface area contributed by atoms with Gasteiger partial charge in [0, 0.05) is 32.2 Å². The fourth-order valence-electron chi connectivity index (χ4n) is 2.09. The molecule has 0 amide bonds. The van der Waals surface area contributed by atoms with E-state index in [2.05, 4.69) is 22.2 Å². The van der Waals surface area contributed by atoms with E-state index in [0.717, 1.165) is 57.1 Å². The van der Waals surface area contributed by atoms with Gasteiger partial charge in [0.2, 0.25) is 0 Å². The number of nitrogens with zero attached hydrogens (tertiary/aromatic N) is 2. The highest BCUT2D eigenvalue weighted by Gasteiger charge is 2.13. The topological polar surface area (TPSA) is 47.0 Å². The zero-order valence-corrected chi connectivity index (χ0v) is 11.5. The van der Waals surface area contributed by atoms with E-state index in [9.17, 15) is 0 Å². The second-order valence-electron chi connectivity index (χ2n) is 4.68. The first-order valence-electron chi connectivity index (χ1n) is 6.63. The minimum Gasteiger partial charge on any atom is -0.381 e. The van der Waals surface area contributed by atoms with Gasteiger partial charge in [-0.15, -0.1) is 0 Å². The van der Waals surface area contributed by atoms with Gasteiger partial charge in [-0.25, -0.2) is 9.97 Å². The number of hydrogen-bond acceptors (Lipinski definition) is 4. The van der Waals surface area contributed by atoms with Crippen molar-refractivity contribution in [1.29, 1.82) is 0 Å². The predicted octanol–water partition coefficient (Wildman–Crippen LogP) is 2.92. The van der Waals surface area contributed by atoms with Crippen LogP contribution in [0.5, 0.6) is 0 Å². The molecule has 1 saturated heterocycles. The number of ether oxygens (including phenoxy) is 1. The molecule has 4 nitrogen and oxygen atoms in total. The van der Waals surface area contributed by atoms with Crippen LogP contribution in [-0.4, -0.2) is 29.7 Å². The van der Waals surface area contributed by atoms with Crippen molar-refractivity contribution in [2.24, 2.45) is 5.92 Å². The number of anilines is 1. The van der Waals surface area contributed by atoms with Crippen molar-refractivity contribution in [3.63, 3.8) is 0 Å². The molecule has 0 spiro atoms. The monoisotopic (exact) mass is 269 g/mol. The molecule has 5 heteroatoms. The Morgan fingerprint density at radius 2 is 2.17 bits per heavy atom. The molecule has 1 aliphatic heterocycles. The predicted molar refractivity (Wildman–Crippen MR) is 73.1 cm³/mol. The smallest absolute Gasteiger partial charge is 0.134 e. The molecule has 0 saturated carbocycles. The zero-order chi connectivity index (χ0) is 12.8. The normalized spacial score (nSPS) is 16.8. The summed E-state index contributed by atoms with van der Waals surface area (Å²) < 4.78 is 5.35. The molecule has 0 atom stereocenters. The van der Waals surface area contributed by atoms with Crippen molar-refractivity contribution in [1.82, 2.24) is 9.97 Å². The maximum atomic E-state index is 6.00. The van der Waals surface area contributed by atoms with Crippen LogP contribution in [0.1, 0.15) is 32.0 Å². The summed E-state index contributed by atoms with van der Waals surface area (Å²) in [5.74, 6) is 2.33. The Balaban J connectivity index is 1.91. The molecular weight excluding hydrogens is 250 g/mol. The largest absolute Gasteiger partial charge is 0.381 e. The standard InChI is InChI=1S/C13H20ClN3O/c1-2-3-12-16-11(14)8-13(17-12)15-9-10-4-6-18-7-5-10/h8,10H,2-7,9H2,1H3,(H,15,16,17). The first-order valence-corrected chi connectivity index (χ1v) is 7.01. The molecule has 0 unspecified atom stereocenters. The van der Waals surface area contributed by atoms with E-state index in [4.69, 9.17) is 16.3 Å². The second-order valence-corrected chi connectivity index (χ2v) is 5.07. The lowest BCUT2D eigenvalue weighted by atomic mass is 10.0. The Morgan fingerprint density at radius 1 is 1.39 bits per heavy atom. The minimum atomic E-state index is 0.517. The molecule has 1 fully saturated rings. The highest BCUT2D eigenvalue weighted by molar-refractivity contribution is 6.29. The summed E-state index contributed by atoms with van der Waals surface area (Å²) in [6, 6.07) is 1.79. The Morgan fingerprint density at radius 3 is 2.89 bits per heavy atom. The van der Waals surface area contributed by atoms with Gasteiger partial charge < -0.3 is 10.1 Å². The third-order valence-corrected chi connectivity index (χ3v) is 3.32. The lowest BCUT2D eigenvalue weighted by Crippen LogP contribution is -2.23. The molecule has 100 valence electrons. The molecule has 1 aromatic heterocycles. The Hall–Kier alpha value is -0.870. The van der Waals surface area contributed by atoms with Crippen LogP contribution in [0.25, 0.3) is 0 Å². The maximum absolute atomic E-state index is 6.00. The van der Waals surface area contributed by atoms with Crippen LogP contribution in [0, 0.1) is 5.92 Å². The van der Waals surface area contributed by atoms with Gasteiger partial charge in [-0.2, -0.15) is 0 Å². The van der Waals surface area contributed by atoms with Crippen molar-refractivity contribution in [2.45, 2.75) is 32.6 Å². The van der Waals surface area contributed by atoms with Gasteiger partial charge in [0.25, 0.3) is 0 Å². The van der Waals surface area contributed by atoms with Crippen LogP contribution in [0.2, 0.25) is 5.15 Å². The van der Waals surface area contributed by atoms with E-state index in [1.807, 2.05) is 0 Å². The Labute approximate surface area is 113 Å². The average molecular weight is 270 g/mol. The molecule has 1 N–H and O–H groups in total. The summed E-state index contributed by atoms with van der Waals surface area (Å²) in [6.07, 6.45) is 4.13. The molecule has 1 aromatic rings. The van der Waals surface area contributed by atoms with Gasteiger partial charge in [0.05, 0.1) is 0 Å². The van der Waals surface area contributed by atoms with Gasteiger partial charge in [0.15, 0.2) is 0 Å². The van der Waals surface area contributed by atoms with E-state index in [-0.39, 0.29) is 0 Å². The Kier molecular flexibility index (Phi) is 5.20. The van der Waals surface area contributed by atoms with Crippen molar-refractivity contribution in [3.8, 4) is 0 Å². The van der Waals surface area contributed by atoms with E-state index in [0.29, 0.717) is 11.1 Å². The van der Waals surface area contributed by atoms with E-state index >= 15 is 0 Å². The molecular formula is C13H20ClN3O. The lowest BCUT2D eigenvalue weighted by molar-refractivity contribution is 0.0699. The van der Waals surface area contributed by atoms with Crippen LogP contribution >= 0.6 is 11.6 Å². The van der Waals surface area contributed by atoms with Crippen LogP contribution < -0.4 is 5.32 Å². The van der Waals surface area contributed by atoms with E-state index in [1.165, 1.54) is 0 Å². The molecule has 0 aliphatic carbocycles.